The monoisotopic (exact) mass is 1120 g/mol. The van der Waals surface area contributed by atoms with Crippen LogP contribution in [0.15, 0.2) is 60.7 Å². The molecule has 0 amide bonds. The first-order chi connectivity index (χ1) is 31.5. The SMILES string of the molecule is Oc1ccc2cc(C(F)(F)C(F)(F)C(F)(F)C(F)(F)C(F)(F)C(F)(F)C(F)(F)C(F)(F)F)ccc2c1-c1c(O)ccc2cc(C(F)(F)C(F)(F)C(F)(F)C(F)(F)C(F)(F)C(F)(F)C(F)(F)C(F)(F)F)ccc12. The van der Waals surface area contributed by atoms with Gasteiger partial charge >= 0.3 is 95.3 Å². The van der Waals surface area contributed by atoms with Crippen molar-refractivity contribution in [3.8, 4) is 22.6 Å². The van der Waals surface area contributed by atoms with E-state index in [4.69, 9.17) is 0 Å². The summed E-state index contributed by atoms with van der Waals surface area (Å²) < 4.78 is 472. The van der Waals surface area contributed by atoms with E-state index in [9.17, 15) is 142 Å². The van der Waals surface area contributed by atoms with Crippen LogP contribution < -0.4 is 0 Å². The van der Waals surface area contributed by atoms with Gasteiger partial charge in [-0.15, -0.1) is 0 Å². The van der Waals surface area contributed by atoms with Gasteiger partial charge in [0.15, 0.2) is 0 Å². The van der Waals surface area contributed by atoms with Crippen LogP contribution in [0.2, 0.25) is 0 Å². The molecule has 4 aromatic carbocycles. The molecular weight excluding hydrogens is 1110 g/mol. The number of hydrogen-bond donors (Lipinski definition) is 2. The number of aromatic hydroxyl groups is 2. The zero-order valence-electron chi connectivity index (χ0n) is 32.5. The Morgan fingerprint density at radius 1 is 0.236 bits per heavy atom. The molecule has 0 atom stereocenters. The van der Waals surface area contributed by atoms with Crippen molar-refractivity contribution >= 4 is 21.5 Å². The second-order valence-corrected chi connectivity index (χ2v) is 14.8. The molecule has 72 heavy (non-hydrogen) atoms. The molecule has 2 N–H and O–H groups in total. The molecule has 0 unspecified atom stereocenters. The Bertz CT molecular complexity index is 2540. The van der Waals surface area contributed by atoms with Crippen molar-refractivity contribution in [3.63, 3.8) is 0 Å². The molecule has 2 nitrogen and oxygen atoms in total. The standard InChI is InChI=1S/C36H12F34O2/c37-21(38,23(41,42)25(45,46)27(49,50)29(53,54)31(57,58)33(61,62)35(65,66)67)13-3-5-15-11(9-13)1-7-17(71)19(15)20-16-6-4-14(10-12(16)2-8-18(20)72)22(39,40)24(43,44)26(47,48)28(51,52)30(55,56)32(59,60)34(63,64)36(68,69)70/h1-10,71-72H. The Morgan fingerprint density at radius 3 is 0.667 bits per heavy atom. The van der Waals surface area contributed by atoms with E-state index in [1.807, 2.05) is 0 Å². The lowest BCUT2D eigenvalue weighted by molar-refractivity contribution is -0.462. The maximum atomic E-state index is 15.2. The Hall–Kier alpha value is -5.38. The van der Waals surface area contributed by atoms with Gasteiger partial charge in [0.05, 0.1) is 0 Å². The van der Waals surface area contributed by atoms with Crippen LogP contribution in [-0.2, 0) is 11.8 Å². The average Bonchev–Trinajstić information content (AvgIpc) is 3.21. The first-order valence-electron chi connectivity index (χ1n) is 17.4. The van der Waals surface area contributed by atoms with Crippen LogP contribution in [0.4, 0.5) is 149 Å². The maximum Gasteiger partial charge on any atom is 0.460 e. The molecule has 0 bridgehead atoms. The van der Waals surface area contributed by atoms with Crippen molar-refractivity contribution in [1.29, 1.82) is 0 Å². The third kappa shape index (κ3) is 7.35. The fourth-order valence-electron chi connectivity index (χ4n) is 6.24. The summed E-state index contributed by atoms with van der Waals surface area (Å²) in [7, 11) is 0. The van der Waals surface area contributed by atoms with Crippen molar-refractivity contribution in [2.75, 3.05) is 0 Å². The third-order valence-electron chi connectivity index (χ3n) is 10.4. The van der Waals surface area contributed by atoms with E-state index in [1.54, 1.807) is 0 Å². The summed E-state index contributed by atoms with van der Waals surface area (Å²) in [4.78, 5) is 0. The second kappa shape index (κ2) is 16.1. The van der Waals surface area contributed by atoms with Crippen LogP contribution in [0.3, 0.4) is 0 Å². The number of hydrogen-bond acceptors (Lipinski definition) is 2. The molecule has 0 aliphatic rings. The molecule has 36 heteroatoms. The molecule has 0 spiro atoms. The van der Waals surface area contributed by atoms with E-state index >= 15 is 17.6 Å². The van der Waals surface area contributed by atoms with Gasteiger partial charge in [0, 0.05) is 22.3 Å². The van der Waals surface area contributed by atoms with Crippen molar-refractivity contribution in [3.05, 3.63) is 71.8 Å². The van der Waals surface area contributed by atoms with Crippen LogP contribution in [0, 0.1) is 0 Å². The molecule has 0 saturated carbocycles. The molecule has 0 aliphatic heterocycles. The Kier molecular flexibility index (Phi) is 13.2. The summed E-state index contributed by atoms with van der Waals surface area (Å²) >= 11 is 0. The van der Waals surface area contributed by atoms with Crippen molar-refractivity contribution < 1.29 is 159 Å². The minimum atomic E-state index is -9.00. The number of fused-ring (bicyclic) bond motifs is 2. The van der Waals surface area contributed by atoms with Gasteiger partial charge in [-0.25, -0.2) is 0 Å². The van der Waals surface area contributed by atoms with Gasteiger partial charge in [0.1, 0.15) is 11.5 Å². The minimum absolute atomic E-state index is 0.139. The van der Waals surface area contributed by atoms with Crippen LogP contribution in [-0.4, -0.2) is 93.6 Å². The number of benzene rings is 4. The smallest absolute Gasteiger partial charge is 0.460 e. The van der Waals surface area contributed by atoms with E-state index < -0.39 is 175 Å². The molecule has 4 aromatic rings. The molecule has 0 fully saturated rings. The number of rotatable bonds is 15. The van der Waals surface area contributed by atoms with E-state index in [0.29, 0.717) is 0 Å². The molecular formula is C36H12F34O2. The Balaban J connectivity index is 1.88. The number of halogens is 34. The fraction of sp³-hybridized carbons (Fsp3) is 0.444. The lowest BCUT2D eigenvalue weighted by Crippen LogP contribution is -2.74. The van der Waals surface area contributed by atoms with E-state index in [1.165, 1.54) is 0 Å². The lowest BCUT2D eigenvalue weighted by Gasteiger charge is -2.42. The third-order valence-corrected chi connectivity index (χ3v) is 10.4. The number of phenolic OH excluding ortho intramolecular Hbond substituents is 2. The molecule has 0 heterocycles. The van der Waals surface area contributed by atoms with E-state index in [0.717, 1.165) is 0 Å². The summed E-state index contributed by atoms with van der Waals surface area (Å²) in [6.07, 6.45) is -16.1. The molecule has 0 aromatic heterocycles. The van der Waals surface area contributed by atoms with Crippen LogP contribution >= 0.6 is 0 Å². The molecule has 0 saturated heterocycles. The normalized spacial score (nSPS) is 15.8. The molecule has 4 rings (SSSR count). The highest BCUT2D eigenvalue weighted by molar-refractivity contribution is 6.09. The Labute approximate surface area is 371 Å². The molecule has 0 radical (unpaired) electrons. The van der Waals surface area contributed by atoms with Crippen molar-refractivity contribution in [1.82, 2.24) is 0 Å². The van der Waals surface area contributed by atoms with Gasteiger partial charge in [0.25, 0.3) is 0 Å². The molecule has 0 aliphatic carbocycles. The average molecular weight is 1120 g/mol. The van der Waals surface area contributed by atoms with Crippen LogP contribution in [0.1, 0.15) is 11.1 Å². The number of alkyl halides is 34. The zero-order chi connectivity index (χ0) is 56.8. The number of phenols is 2. The predicted molar refractivity (Wildman–Crippen MR) is 169 cm³/mol. The topological polar surface area (TPSA) is 40.5 Å². The first kappa shape index (κ1) is 59.2. The van der Waals surface area contributed by atoms with E-state index in [2.05, 4.69) is 0 Å². The molecule has 406 valence electrons. The summed E-state index contributed by atoms with van der Waals surface area (Å²) in [5.74, 6) is -122. The van der Waals surface area contributed by atoms with Crippen molar-refractivity contribution in [2.45, 2.75) is 95.3 Å². The quantitative estimate of drug-likeness (QED) is 0.117. The van der Waals surface area contributed by atoms with Crippen LogP contribution in [0.5, 0.6) is 11.5 Å². The van der Waals surface area contributed by atoms with Gasteiger partial charge in [0.2, 0.25) is 0 Å². The predicted octanol–water partition coefficient (Wildman–Crippen LogP) is 16.0. The summed E-state index contributed by atoms with van der Waals surface area (Å²) in [6.45, 7) is 0. The minimum Gasteiger partial charge on any atom is -0.507 e. The van der Waals surface area contributed by atoms with Gasteiger partial charge in [-0.2, -0.15) is 149 Å². The Morgan fingerprint density at radius 2 is 0.444 bits per heavy atom. The highest BCUT2D eigenvalue weighted by atomic mass is 19.4. The fourth-order valence-corrected chi connectivity index (χ4v) is 6.24. The van der Waals surface area contributed by atoms with Gasteiger partial charge in [-0.1, -0.05) is 36.4 Å². The zero-order valence-corrected chi connectivity index (χ0v) is 32.5. The van der Waals surface area contributed by atoms with Gasteiger partial charge in [-0.05, 0) is 45.8 Å². The highest BCUT2D eigenvalue weighted by Crippen LogP contribution is 2.67. The summed E-state index contributed by atoms with van der Waals surface area (Å²) in [5, 5.41) is 16.4. The van der Waals surface area contributed by atoms with Crippen LogP contribution in [0.25, 0.3) is 32.7 Å². The van der Waals surface area contributed by atoms with Gasteiger partial charge in [-0.3, -0.25) is 0 Å². The first-order valence-corrected chi connectivity index (χ1v) is 17.4. The summed E-state index contributed by atoms with van der Waals surface area (Å²) in [5.41, 5.74) is -8.13. The lowest BCUT2D eigenvalue weighted by atomic mass is 9.85. The maximum absolute atomic E-state index is 15.2. The second-order valence-electron chi connectivity index (χ2n) is 14.8. The largest absolute Gasteiger partial charge is 0.507 e. The van der Waals surface area contributed by atoms with Crippen molar-refractivity contribution in [2.24, 2.45) is 0 Å². The summed E-state index contributed by atoms with van der Waals surface area (Å²) in [6, 6.07) is -1.92. The van der Waals surface area contributed by atoms with E-state index in [-0.39, 0.29) is 36.4 Å². The highest BCUT2D eigenvalue weighted by Gasteiger charge is 2.97. The van der Waals surface area contributed by atoms with Gasteiger partial charge < -0.3 is 10.2 Å².